The normalized spacial score (nSPS) is 14.7. The van der Waals surface area contributed by atoms with E-state index in [1.54, 1.807) is 0 Å². The van der Waals surface area contributed by atoms with Crippen molar-refractivity contribution in [3.05, 3.63) is 48.3 Å². The van der Waals surface area contributed by atoms with Crippen LogP contribution in [0.15, 0.2) is 47.6 Å². The number of aromatic nitrogens is 3. The summed E-state index contributed by atoms with van der Waals surface area (Å²) in [5.41, 5.74) is 2.02. The van der Waals surface area contributed by atoms with Crippen LogP contribution in [0.2, 0.25) is 0 Å². The van der Waals surface area contributed by atoms with Gasteiger partial charge in [0.1, 0.15) is 0 Å². The molecule has 1 aromatic heterocycles. The number of likely N-dealkylation sites (tertiary alicyclic amines) is 1. The highest BCUT2D eigenvalue weighted by Gasteiger charge is 2.20. The number of hydrogen-bond donors (Lipinski definition) is 0. The number of likely N-dealkylation sites (N-methyl/N-ethyl adjacent to an activating group) is 1. The van der Waals surface area contributed by atoms with Gasteiger partial charge in [-0.1, -0.05) is 48.5 Å². The molecule has 2 heterocycles. The van der Waals surface area contributed by atoms with Crippen molar-refractivity contribution < 1.29 is 4.79 Å². The predicted molar refractivity (Wildman–Crippen MR) is 118 cm³/mol. The van der Waals surface area contributed by atoms with Gasteiger partial charge in [-0.05, 0) is 51.9 Å². The van der Waals surface area contributed by atoms with Gasteiger partial charge in [0.2, 0.25) is 5.91 Å². The lowest BCUT2D eigenvalue weighted by Gasteiger charge is -2.26. The summed E-state index contributed by atoms with van der Waals surface area (Å²) in [6.07, 6.45) is 3.79. The number of rotatable bonds is 9. The molecule has 6 nitrogen and oxygen atoms in total. The van der Waals surface area contributed by atoms with Crippen LogP contribution < -0.4 is 0 Å². The largest absolute Gasteiger partial charge is 0.338 e. The maximum absolute atomic E-state index is 12.7. The summed E-state index contributed by atoms with van der Waals surface area (Å²) in [6, 6.07) is 10.2. The maximum Gasteiger partial charge on any atom is 0.233 e. The zero-order valence-electron chi connectivity index (χ0n) is 17.5. The molecule has 0 spiro atoms. The van der Waals surface area contributed by atoms with Gasteiger partial charge in [-0.15, -0.1) is 10.2 Å². The number of benzene rings is 1. The highest BCUT2D eigenvalue weighted by molar-refractivity contribution is 7.99. The van der Waals surface area contributed by atoms with Crippen molar-refractivity contribution in [2.45, 2.75) is 44.8 Å². The lowest BCUT2D eigenvalue weighted by atomic mass is 10.1. The van der Waals surface area contributed by atoms with E-state index in [0.29, 0.717) is 18.8 Å². The minimum Gasteiger partial charge on any atom is -0.338 e. The summed E-state index contributed by atoms with van der Waals surface area (Å²) in [6.45, 7) is 12.1. The maximum atomic E-state index is 12.7. The quantitative estimate of drug-likeness (QED) is 0.463. The third-order valence-corrected chi connectivity index (χ3v) is 5.96. The molecule has 0 radical (unpaired) electrons. The Balaban J connectivity index is 1.77. The Morgan fingerprint density at radius 3 is 2.55 bits per heavy atom. The van der Waals surface area contributed by atoms with Gasteiger partial charge in [-0.25, -0.2) is 0 Å². The zero-order chi connectivity index (χ0) is 20.6. The predicted octanol–water partition coefficient (Wildman–Crippen LogP) is 3.77. The summed E-state index contributed by atoms with van der Waals surface area (Å²) >= 11 is 1.45. The van der Waals surface area contributed by atoms with Crippen LogP contribution in [0, 0.1) is 0 Å². The standard InChI is InChI=1S/C22H31N5OS/c1-4-26(15-18(2)3)21(28)17-29-22-24-23-20(16-25-13-9-6-10-14-25)27(22)19-11-7-5-8-12-19/h5,7-8,11-12H,2,4,6,9-10,13-17H2,1,3H3. The van der Waals surface area contributed by atoms with E-state index in [1.165, 1.54) is 31.0 Å². The molecule has 156 valence electrons. The number of nitrogens with zero attached hydrogens (tertiary/aromatic N) is 5. The first-order valence-electron chi connectivity index (χ1n) is 10.4. The Morgan fingerprint density at radius 1 is 1.17 bits per heavy atom. The molecule has 0 N–H and O–H groups in total. The number of carbonyl (C=O) groups is 1. The zero-order valence-corrected chi connectivity index (χ0v) is 18.3. The van der Waals surface area contributed by atoms with E-state index in [1.807, 2.05) is 36.9 Å². The molecule has 3 rings (SSSR count). The van der Waals surface area contributed by atoms with Crippen LogP contribution in [0.25, 0.3) is 5.69 Å². The lowest BCUT2D eigenvalue weighted by molar-refractivity contribution is -0.127. The fourth-order valence-electron chi connectivity index (χ4n) is 3.57. The SMILES string of the molecule is C=C(C)CN(CC)C(=O)CSc1nnc(CN2CCCCC2)n1-c1ccccc1. The Labute approximate surface area is 178 Å². The van der Waals surface area contributed by atoms with E-state index in [9.17, 15) is 4.79 Å². The number of para-hydroxylation sites is 1. The first kappa shape index (κ1) is 21.6. The van der Waals surface area contributed by atoms with E-state index in [0.717, 1.165) is 41.9 Å². The van der Waals surface area contributed by atoms with Crippen molar-refractivity contribution in [3.8, 4) is 5.69 Å². The summed E-state index contributed by atoms with van der Waals surface area (Å²) in [4.78, 5) is 16.9. The number of amides is 1. The Hall–Kier alpha value is -2.12. The first-order valence-corrected chi connectivity index (χ1v) is 11.3. The fourth-order valence-corrected chi connectivity index (χ4v) is 4.44. The molecule has 0 bridgehead atoms. The average Bonchev–Trinajstić information content (AvgIpc) is 3.13. The van der Waals surface area contributed by atoms with Crippen molar-refractivity contribution in [2.24, 2.45) is 0 Å². The third kappa shape index (κ3) is 5.93. The smallest absolute Gasteiger partial charge is 0.233 e. The molecule has 1 aromatic carbocycles. The van der Waals surface area contributed by atoms with Gasteiger partial charge in [0.15, 0.2) is 11.0 Å². The van der Waals surface area contributed by atoms with Crippen molar-refractivity contribution in [3.63, 3.8) is 0 Å². The minimum atomic E-state index is 0.0979. The van der Waals surface area contributed by atoms with Crippen LogP contribution in [0.4, 0.5) is 0 Å². The van der Waals surface area contributed by atoms with Crippen LogP contribution in [-0.4, -0.2) is 62.4 Å². The highest BCUT2D eigenvalue weighted by atomic mass is 32.2. The lowest BCUT2D eigenvalue weighted by Crippen LogP contribution is -2.33. The van der Waals surface area contributed by atoms with Crippen molar-refractivity contribution >= 4 is 17.7 Å². The third-order valence-electron chi connectivity index (χ3n) is 5.05. The van der Waals surface area contributed by atoms with Gasteiger partial charge >= 0.3 is 0 Å². The molecule has 1 aliphatic heterocycles. The van der Waals surface area contributed by atoms with Crippen molar-refractivity contribution in [1.82, 2.24) is 24.6 Å². The van der Waals surface area contributed by atoms with Gasteiger partial charge in [0.25, 0.3) is 0 Å². The van der Waals surface area contributed by atoms with Gasteiger partial charge in [-0.3, -0.25) is 14.3 Å². The molecule has 0 unspecified atom stereocenters. The molecule has 1 amide bonds. The molecular formula is C22H31N5OS. The van der Waals surface area contributed by atoms with Crippen LogP contribution >= 0.6 is 11.8 Å². The molecule has 29 heavy (non-hydrogen) atoms. The molecule has 1 saturated heterocycles. The molecule has 1 aliphatic rings. The average molecular weight is 414 g/mol. The Morgan fingerprint density at radius 2 is 1.90 bits per heavy atom. The Kier molecular flexibility index (Phi) is 7.89. The van der Waals surface area contributed by atoms with Gasteiger partial charge < -0.3 is 4.90 Å². The first-order chi connectivity index (χ1) is 14.1. The molecule has 2 aromatic rings. The number of hydrogen-bond acceptors (Lipinski definition) is 5. The number of carbonyl (C=O) groups excluding carboxylic acids is 1. The molecule has 0 aliphatic carbocycles. The molecule has 0 atom stereocenters. The van der Waals surface area contributed by atoms with Crippen LogP contribution in [0.3, 0.4) is 0 Å². The van der Waals surface area contributed by atoms with Crippen LogP contribution in [0.1, 0.15) is 38.9 Å². The molecule has 7 heteroatoms. The van der Waals surface area contributed by atoms with Crippen LogP contribution in [0.5, 0.6) is 0 Å². The summed E-state index contributed by atoms with van der Waals surface area (Å²) in [5, 5.41) is 9.69. The highest BCUT2D eigenvalue weighted by Crippen LogP contribution is 2.24. The summed E-state index contributed by atoms with van der Waals surface area (Å²) < 4.78 is 2.10. The fraction of sp³-hybridized carbons (Fsp3) is 0.500. The van der Waals surface area contributed by atoms with Crippen molar-refractivity contribution in [1.29, 1.82) is 0 Å². The molecule has 0 saturated carbocycles. The van der Waals surface area contributed by atoms with Gasteiger partial charge in [0, 0.05) is 18.8 Å². The van der Waals surface area contributed by atoms with Gasteiger partial charge in [0.05, 0.1) is 12.3 Å². The number of thioether (sulfide) groups is 1. The Bertz CT molecular complexity index is 814. The molecule has 1 fully saturated rings. The van der Waals surface area contributed by atoms with Crippen LogP contribution in [-0.2, 0) is 11.3 Å². The minimum absolute atomic E-state index is 0.0979. The summed E-state index contributed by atoms with van der Waals surface area (Å²) in [7, 11) is 0. The second-order valence-corrected chi connectivity index (χ2v) is 8.50. The van der Waals surface area contributed by atoms with Crippen molar-refractivity contribution in [2.75, 3.05) is 31.9 Å². The second-order valence-electron chi connectivity index (χ2n) is 7.56. The van der Waals surface area contributed by atoms with E-state index < -0.39 is 0 Å². The molecular weight excluding hydrogens is 382 g/mol. The van der Waals surface area contributed by atoms with E-state index in [4.69, 9.17) is 0 Å². The summed E-state index contributed by atoms with van der Waals surface area (Å²) in [5.74, 6) is 1.37. The van der Waals surface area contributed by atoms with E-state index in [-0.39, 0.29) is 5.91 Å². The van der Waals surface area contributed by atoms with E-state index in [2.05, 4.69) is 38.4 Å². The van der Waals surface area contributed by atoms with E-state index >= 15 is 0 Å². The second kappa shape index (κ2) is 10.6. The van der Waals surface area contributed by atoms with Gasteiger partial charge in [-0.2, -0.15) is 0 Å². The topological polar surface area (TPSA) is 54.3 Å². The number of piperidine rings is 1. The monoisotopic (exact) mass is 413 g/mol.